The fraction of sp³-hybridized carbons (Fsp3) is 0.263. The molecule has 0 saturated carbocycles. The van der Waals surface area contributed by atoms with Crippen LogP contribution < -0.4 is 5.32 Å². The molecule has 0 saturated heterocycles. The predicted octanol–water partition coefficient (Wildman–Crippen LogP) is 5.63. The van der Waals surface area contributed by atoms with Gasteiger partial charge in [0.05, 0.1) is 5.54 Å². The zero-order valence-electron chi connectivity index (χ0n) is 12.5. The number of anilines is 1. The summed E-state index contributed by atoms with van der Waals surface area (Å²) in [5, 5.41) is 3.65. The molecule has 1 nitrogen and oxygen atoms in total. The van der Waals surface area contributed by atoms with Gasteiger partial charge < -0.3 is 5.32 Å². The Morgan fingerprint density at radius 3 is 2.67 bits per heavy atom. The van der Waals surface area contributed by atoms with E-state index in [1.807, 2.05) is 0 Å². The van der Waals surface area contributed by atoms with Crippen molar-refractivity contribution in [3.63, 3.8) is 0 Å². The highest BCUT2D eigenvalue weighted by atomic mass is 79.9. The second-order valence-corrected chi connectivity index (χ2v) is 7.58. The molecule has 0 fully saturated rings. The zero-order chi connectivity index (χ0) is 14.8. The van der Waals surface area contributed by atoms with Gasteiger partial charge in [0.1, 0.15) is 0 Å². The van der Waals surface area contributed by atoms with Gasteiger partial charge in [-0.25, -0.2) is 0 Å². The summed E-state index contributed by atoms with van der Waals surface area (Å²) in [5.74, 6) is 0. The molecule has 21 heavy (non-hydrogen) atoms. The average Bonchev–Trinajstić information content (AvgIpc) is 2.73. The van der Waals surface area contributed by atoms with E-state index in [0.29, 0.717) is 0 Å². The van der Waals surface area contributed by atoms with E-state index in [0.717, 1.165) is 10.9 Å². The lowest BCUT2D eigenvalue weighted by atomic mass is 9.87. The Hall–Kier alpha value is -1.54. The Balaban J connectivity index is 1.94. The number of fused-ring (bicyclic) bond motifs is 5. The van der Waals surface area contributed by atoms with Gasteiger partial charge in [0, 0.05) is 15.7 Å². The summed E-state index contributed by atoms with van der Waals surface area (Å²) in [7, 11) is 0. The van der Waals surface area contributed by atoms with Crippen molar-refractivity contribution in [2.45, 2.75) is 32.7 Å². The van der Waals surface area contributed by atoms with Crippen LogP contribution in [-0.4, -0.2) is 5.54 Å². The molecule has 2 aromatic carbocycles. The number of benzene rings is 2. The highest BCUT2D eigenvalue weighted by Gasteiger charge is 2.28. The first-order valence-corrected chi connectivity index (χ1v) is 8.17. The van der Waals surface area contributed by atoms with Crippen molar-refractivity contribution in [2.75, 3.05) is 5.32 Å². The van der Waals surface area contributed by atoms with E-state index >= 15 is 0 Å². The third-order valence-electron chi connectivity index (χ3n) is 4.47. The second kappa shape index (κ2) is 4.23. The lowest BCUT2D eigenvalue weighted by molar-refractivity contribution is 0.707. The standard InChI is InChI=1S/C19H18BrN/c1-11-10-19(2,3)21-17-7-6-15-14-5-4-13(20)8-12(14)9-16(15)18(11)17/h4-8,10,21H,9H2,1-3H3. The lowest BCUT2D eigenvalue weighted by Gasteiger charge is -2.32. The summed E-state index contributed by atoms with van der Waals surface area (Å²) in [6, 6.07) is 11.1. The molecule has 1 N–H and O–H groups in total. The van der Waals surface area contributed by atoms with Crippen LogP contribution in [0.5, 0.6) is 0 Å². The summed E-state index contributed by atoms with van der Waals surface area (Å²) < 4.78 is 1.16. The molecule has 0 unspecified atom stereocenters. The largest absolute Gasteiger partial charge is 0.376 e. The molecular formula is C19H18BrN. The van der Waals surface area contributed by atoms with Gasteiger partial charge in [0.15, 0.2) is 0 Å². The van der Waals surface area contributed by atoms with E-state index in [9.17, 15) is 0 Å². The van der Waals surface area contributed by atoms with Crippen LogP contribution in [0.15, 0.2) is 40.9 Å². The molecule has 0 bridgehead atoms. The van der Waals surface area contributed by atoms with Gasteiger partial charge in [-0.15, -0.1) is 0 Å². The summed E-state index contributed by atoms with van der Waals surface area (Å²) in [5.41, 5.74) is 9.75. The summed E-state index contributed by atoms with van der Waals surface area (Å²) >= 11 is 3.59. The van der Waals surface area contributed by atoms with E-state index in [1.54, 1.807) is 0 Å². The Labute approximate surface area is 134 Å². The molecule has 1 aliphatic heterocycles. The number of hydrogen-bond donors (Lipinski definition) is 1. The Kier molecular flexibility index (Phi) is 2.65. The van der Waals surface area contributed by atoms with Gasteiger partial charge >= 0.3 is 0 Å². The van der Waals surface area contributed by atoms with Crippen molar-refractivity contribution < 1.29 is 0 Å². The minimum atomic E-state index is 0.0276. The Bertz CT molecular complexity index is 799. The van der Waals surface area contributed by atoms with E-state index in [1.165, 1.54) is 39.1 Å². The van der Waals surface area contributed by atoms with E-state index in [2.05, 4.69) is 78.4 Å². The number of allylic oxidation sites excluding steroid dienone is 1. The SMILES string of the molecule is CC1=CC(C)(C)Nc2ccc3c(c21)Cc1cc(Br)ccc1-3. The molecule has 2 heteroatoms. The molecule has 1 aliphatic carbocycles. The van der Waals surface area contributed by atoms with Gasteiger partial charge in [0.2, 0.25) is 0 Å². The Morgan fingerprint density at radius 2 is 1.86 bits per heavy atom. The third-order valence-corrected chi connectivity index (χ3v) is 4.96. The molecule has 0 spiro atoms. The molecule has 0 amide bonds. The minimum absolute atomic E-state index is 0.0276. The molecule has 1 heterocycles. The van der Waals surface area contributed by atoms with Crippen LogP contribution in [0.4, 0.5) is 5.69 Å². The van der Waals surface area contributed by atoms with Crippen molar-refractivity contribution in [1.29, 1.82) is 0 Å². The fourth-order valence-electron chi connectivity index (χ4n) is 3.80. The quantitative estimate of drug-likeness (QED) is 0.559. The van der Waals surface area contributed by atoms with Gasteiger partial charge in [0.25, 0.3) is 0 Å². The van der Waals surface area contributed by atoms with Crippen molar-refractivity contribution in [2.24, 2.45) is 0 Å². The van der Waals surface area contributed by atoms with Crippen molar-refractivity contribution in [1.82, 2.24) is 0 Å². The van der Waals surface area contributed by atoms with E-state index in [-0.39, 0.29) is 5.54 Å². The van der Waals surface area contributed by atoms with Crippen molar-refractivity contribution in [3.05, 3.63) is 57.6 Å². The third kappa shape index (κ3) is 1.96. The van der Waals surface area contributed by atoms with Gasteiger partial charge in [-0.1, -0.05) is 34.1 Å². The van der Waals surface area contributed by atoms with Crippen LogP contribution in [0.25, 0.3) is 16.7 Å². The molecule has 0 atom stereocenters. The van der Waals surface area contributed by atoms with E-state index in [4.69, 9.17) is 0 Å². The topological polar surface area (TPSA) is 12.0 Å². The lowest BCUT2D eigenvalue weighted by Crippen LogP contribution is -2.31. The summed E-state index contributed by atoms with van der Waals surface area (Å²) in [4.78, 5) is 0. The van der Waals surface area contributed by atoms with Crippen LogP contribution in [0.1, 0.15) is 37.5 Å². The molecule has 2 aliphatic rings. The minimum Gasteiger partial charge on any atom is -0.376 e. The van der Waals surface area contributed by atoms with Crippen LogP contribution in [0.2, 0.25) is 0 Å². The number of halogens is 1. The van der Waals surface area contributed by atoms with Crippen molar-refractivity contribution >= 4 is 27.2 Å². The van der Waals surface area contributed by atoms with Crippen molar-refractivity contribution in [3.8, 4) is 11.1 Å². The van der Waals surface area contributed by atoms with Crippen LogP contribution in [0.3, 0.4) is 0 Å². The van der Waals surface area contributed by atoms with Crippen LogP contribution in [-0.2, 0) is 6.42 Å². The first kappa shape index (κ1) is 13.1. The Morgan fingerprint density at radius 1 is 1.10 bits per heavy atom. The fourth-order valence-corrected chi connectivity index (χ4v) is 4.21. The van der Waals surface area contributed by atoms with Crippen LogP contribution in [0, 0.1) is 0 Å². The first-order chi connectivity index (χ1) is 9.94. The predicted molar refractivity (Wildman–Crippen MR) is 93.7 cm³/mol. The molecule has 106 valence electrons. The number of rotatable bonds is 0. The highest BCUT2D eigenvalue weighted by Crippen LogP contribution is 2.46. The number of hydrogen-bond acceptors (Lipinski definition) is 1. The second-order valence-electron chi connectivity index (χ2n) is 6.67. The molecule has 4 rings (SSSR count). The maximum absolute atomic E-state index is 3.65. The molecule has 2 aromatic rings. The smallest absolute Gasteiger partial charge is 0.0505 e. The zero-order valence-corrected chi connectivity index (χ0v) is 14.1. The molecular weight excluding hydrogens is 322 g/mol. The summed E-state index contributed by atoms with van der Waals surface area (Å²) in [6.45, 7) is 6.68. The molecule has 0 aromatic heterocycles. The highest BCUT2D eigenvalue weighted by molar-refractivity contribution is 9.10. The van der Waals surface area contributed by atoms with Gasteiger partial charge in [-0.3, -0.25) is 0 Å². The summed E-state index contributed by atoms with van der Waals surface area (Å²) in [6.07, 6.45) is 3.37. The van der Waals surface area contributed by atoms with Crippen LogP contribution >= 0.6 is 15.9 Å². The van der Waals surface area contributed by atoms with Gasteiger partial charge in [-0.2, -0.15) is 0 Å². The normalized spacial score (nSPS) is 17.4. The monoisotopic (exact) mass is 339 g/mol. The maximum atomic E-state index is 3.65. The number of nitrogens with one attached hydrogen (secondary N) is 1. The first-order valence-electron chi connectivity index (χ1n) is 7.37. The van der Waals surface area contributed by atoms with Gasteiger partial charge in [-0.05, 0) is 73.2 Å². The molecule has 0 radical (unpaired) electrons. The average molecular weight is 340 g/mol. The van der Waals surface area contributed by atoms with E-state index < -0.39 is 0 Å². The maximum Gasteiger partial charge on any atom is 0.0505 e.